The van der Waals surface area contributed by atoms with Crippen molar-refractivity contribution < 1.29 is 14.0 Å². The number of hydrogen-bond acceptors (Lipinski definition) is 2. The van der Waals surface area contributed by atoms with E-state index in [-0.39, 0.29) is 23.9 Å². The van der Waals surface area contributed by atoms with Gasteiger partial charge in [0.1, 0.15) is 5.82 Å². The summed E-state index contributed by atoms with van der Waals surface area (Å²) in [5.41, 5.74) is -0.0327. The van der Waals surface area contributed by atoms with Crippen molar-refractivity contribution in [3.8, 4) is 0 Å². The molecule has 1 aromatic rings. The Balaban J connectivity index is 2.75. The fraction of sp³-hybridized carbons (Fsp3) is 0.429. The average Bonchev–Trinajstić information content (AvgIpc) is 2.25. The molecule has 0 aliphatic carbocycles. The van der Waals surface area contributed by atoms with Crippen molar-refractivity contribution in [2.24, 2.45) is 0 Å². The molecule has 0 saturated carbocycles. The zero-order valence-electron chi connectivity index (χ0n) is 12.0. The Bertz CT molecular complexity index is 526. The number of nitrogens with one attached hydrogen (secondary N) is 1. The molecule has 0 heterocycles. The van der Waals surface area contributed by atoms with Gasteiger partial charge in [0.25, 0.3) is 5.91 Å². The van der Waals surface area contributed by atoms with Gasteiger partial charge in [-0.25, -0.2) is 4.39 Å². The molecular weight excluding hydrogens is 327 g/mol. The quantitative estimate of drug-likeness (QED) is 0.916. The van der Waals surface area contributed by atoms with Crippen LogP contribution in [0.5, 0.6) is 0 Å². The molecule has 2 amide bonds. The molecule has 20 heavy (non-hydrogen) atoms. The van der Waals surface area contributed by atoms with E-state index in [1.165, 1.54) is 30.1 Å². The highest BCUT2D eigenvalue weighted by atomic mass is 79.9. The fourth-order valence-corrected chi connectivity index (χ4v) is 2.13. The van der Waals surface area contributed by atoms with Crippen molar-refractivity contribution in [2.75, 3.05) is 13.6 Å². The molecular formula is C14H18BrFN2O2. The normalized spacial score (nSPS) is 11.1. The van der Waals surface area contributed by atoms with Crippen LogP contribution in [0.4, 0.5) is 4.39 Å². The summed E-state index contributed by atoms with van der Waals surface area (Å²) < 4.78 is 13.4. The molecule has 6 heteroatoms. The number of hydrogen-bond donors (Lipinski definition) is 1. The maximum Gasteiger partial charge on any atom is 0.255 e. The summed E-state index contributed by atoms with van der Waals surface area (Å²) in [7, 11) is 1.53. The molecule has 1 aromatic carbocycles. The monoisotopic (exact) mass is 344 g/mol. The third kappa shape index (κ3) is 4.92. The van der Waals surface area contributed by atoms with Crippen LogP contribution in [0.25, 0.3) is 0 Å². The van der Waals surface area contributed by atoms with Crippen molar-refractivity contribution >= 4 is 27.7 Å². The first-order valence-electron chi connectivity index (χ1n) is 6.11. The molecule has 0 radical (unpaired) electrons. The Morgan fingerprint density at radius 2 is 1.95 bits per heavy atom. The highest BCUT2D eigenvalue weighted by Crippen LogP contribution is 2.19. The van der Waals surface area contributed by atoms with Gasteiger partial charge in [0.15, 0.2) is 0 Å². The molecule has 0 spiro atoms. The van der Waals surface area contributed by atoms with E-state index in [0.29, 0.717) is 10.0 Å². The molecule has 0 fully saturated rings. The summed E-state index contributed by atoms with van der Waals surface area (Å²) in [6.45, 7) is 5.54. The largest absolute Gasteiger partial charge is 0.350 e. The maximum atomic E-state index is 13.0. The van der Waals surface area contributed by atoms with Crippen molar-refractivity contribution in [3.63, 3.8) is 0 Å². The smallest absolute Gasteiger partial charge is 0.255 e. The zero-order chi connectivity index (χ0) is 15.5. The number of carbonyl (C=O) groups is 2. The summed E-state index contributed by atoms with van der Waals surface area (Å²) in [5, 5.41) is 2.78. The number of amides is 2. The van der Waals surface area contributed by atoms with Crippen molar-refractivity contribution in [2.45, 2.75) is 26.3 Å². The third-order valence-corrected chi connectivity index (χ3v) is 3.06. The van der Waals surface area contributed by atoms with Gasteiger partial charge >= 0.3 is 0 Å². The lowest BCUT2D eigenvalue weighted by molar-refractivity contribution is -0.122. The van der Waals surface area contributed by atoms with E-state index >= 15 is 0 Å². The van der Waals surface area contributed by atoms with E-state index in [2.05, 4.69) is 21.2 Å². The van der Waals surface area contributed by atoms with E-state index in [9.17, 15) is 14.0 Å². The van der Waals surface area contributed by atoms with Gasteiger partial charge in [0, 0.05) is 17.1 Å². The van der Waals surface area contributed by atoms with Gasteiger partial charge in [-0.3, -0.25) is 9.59 Å². The van der Waals surface area contributed by atoms with E-state index < -0.39 is 5.82 Å². The van der Waals surface area contributed by atoms with Crippen LogP contribution >= 0.6 is 15.9 Å². The topological polar surface area (TPSA) is 49.4 Å². The first kappa shape index (κ1) is 16.6. The predicted octanol–water partition coefficient (Wildman–Crippen LogP) is 2.57. The Morgan fingerprint density at radius 1 is 1.35 bits per heavy atom. The second kappa shape index (κ2) is 6.35. The summed E-state index contributed by atoms with van der Waals surface area (Å²) in [5.74, 6) is -1.02. The molecule has 0 aliphatic heterocycles. The van der Waals surface area contributed by atoms with Crippen LogP contribution in [0.2, 0.25) is 0 Å². The zero-order valence-corrected chi connectivity index (χ0v) is 13.5. The van der Waals surface area contributed by atoms with Crippen LogP contribution in [-0.2, 0) is 4.79 Å². The highest BCUT2D eigenvalue weighted by Gasteiger charge is 2.20. The van der Waals surface area contributed by atoms with Crippen LogP contribution in [0.3, 0.4) is 0 Å². The summed E-state index contributed by atoms with van der Waals surface area (Å²) in [4.78, 5) is 25.2. The van der Waals surface area contributed by atoms with Gasteiger partial charge < -0.3 is 10.2 Å². The average molecular weight is 345 g/mol. The molecule has 0 saturated heterocycles. The lowest BCUT2D eigenvalue weighted by Crippen LogP contribution is -2.46. The van der Waals surface area contributed by atoms with Crippen molar-refractivity contribution in [1.82, 2.24) is 10.2 Å². The number of nitrogens with zero attached hydrogens (tertiary/aromatic N) is 1. The molecule has 0 unspecified atom stereocenters. The van der Waals surface area contributed by atoms with Crippen LogP contribution in [0, 0.1) is 5.82 Å². The first-order valence-corrected chi connectivity index (χ1v) is 6.91. The van der Waals surface area contributed by atoms with Crippen molar-refractivity contribution in [3.05, 3.63) is 34.1 Å². The van der Waals surface area contributed by atoms with Crippen molar-refractivity contribution in [1.29, 1.82) is 0 Å². The van der Waals surface area contributed by atoms with E-state index in [0.717, 1.165) is 0 Å². The van der Waals surface area contributed by atoms with Gasteiger partial charge in [-0.05, 0) is 54.9 Å². The minimum absolute atomic E-state index is 0.0556. The molecule has 0 aromatic heterocycles. The number of benzene rings is 1. The molecule has 4 nitrogen and oxygen atoms in total. The van der Waals surface area contributed by atoms with E-state index in [1.807, 2.05) is 20.8 Å². The second-order valence-corrected chi connectivity index (χ2v) is 6.44. The number of rotatable bonds is 3. The van der Waals surface area contributed by atoms with Crippen LogP contribution in [0.15, 0.2) is 22.7 Å². The first-order chi connectivity index (χ1) is 9.10. The number of halogens is 2. The van der Waals surface area contributed by atoms with E-state index in [4.69, 9.17) is 0 Å². The van der Waals surface area contributed by atoms with E-state index in [1.54, 1.807) is 0 Å². The maximum absolute atomic E-state index is 13.0. The van der Waals surface area contributed by atoms with Gasteiger partial charge in [-0.15, -0.1) is 0 Å². The highest BCUT2D eigenvalue weighted by molar-refractivity contribution is 9.10. The Hall–Kier alpha value is -1.43. The Morgan fingerprint density at radius 3 is 2.45 bits per heavy atom. The minimum atomic E-state index is -0.429. The van der Waals surface area contributed by atoms with Crippen LogP contribution < -0.4 is 5.32 Å². The molecule has 0 aliphatic rings. The summed E-state index contributed by atoms with van der Waals surface area (Å²) >= 11 is 3.14. The molecule has 110 valence electrons. The molecule has 1 N–H and O–H groups in total. The lowest BCUT2D eigenvalue weighted by atomic mass is 10.1. The Labute approximate surface area is 126 Å². The summed E-state index contributed by atoms with van der Waals surface area (Å²) in [6.07, 6.45) is 0. The summed E-state index contributed by atoms with van der Waals surface area (Å²) in [6, 6.07) is 3.82. The predicted molar refractivity (Wildman–Crippen MR) is 79.0 cm³/mol. The third-order valence-electron chi connectivity index (χ3n) is 2.40. The molecule has 1 rings (SSSR count). The molecule has 0 atom stereocenters. The van der Waals surface area contributed by atoms with Gasteiger partial charge in [-0.2, -0.15) is 0 Å². The molecule has 0 bridgehead atoms. The van der Waals surface area contributed by atoms with Gasteiger partial charge in [-0.1, -0.05) is 0 Å². The standard InChI is InChI=1S/C14H18BrFN2O2/c1-14(2,3)17-12(19)8-18(4)13(20)10-6-5-9(16)7-11(10)15/h5-7H,8H2,1-4H3,(H,17,19). The second-order valence-electron chi connectivity index (χ2n) is 5.58. The van der Waals surface area contributed by atoms with Gasteiger partial charge in [0.05, 0.1) is 12.1 Å². The minimum Gasteiger partial charge on any atom is -0.350 e. The number of likely N-dealkylation sites (N-methyl/N-ethyl adjacent to an activating group) is 1. The fourth-order valence-electron chi connectivity index (χ4n) is 1.61. The van der Waals surface area contributed by atoms with Crippen LogP contribution in [0.1, 0.15) is 31.1 Å². The lowest BCUT2D eigenvalue weighted by Gasteiger charge is -2.23. The Kier molecular flexibility index (Phi) is 5.28. The number of carbonyl (C=O) groups excluding carboxylic acids is 2. The SMILES string of the molecule is CN(CC(=O)NC(C)(C)C)C(=O)c1ccc(F)cc1Br. The van der Waals surface area contributed by atoms with Crippen LogP contribution in [-0.4, -0.2) is 35.8 Å². The van der Waals surface area contributed by atoms with Gasteiger partial charge in [0.2, 0.25) is 5.91 Å².